The Balaban J connectivity index is 1.93. The molecule has 2 unspecified atom stereocenters. The van der Waals surface area contributed by atoms with Gasteiger partial charge < -0.3 is 19.7 Å². The molecule has 156 valence electrons. The van der Waals surface area contributed by atoms with Crippen molar-refractivity contribution in [2.75, 3.05) is 26.5 Å². The molecule has 1 aliphatic heterocycles. The molecule has 1 fully saturated rings. The normalized spacial score (nSPS) is 18.7. The number of benzene rings is 1. The van der Waals surface area contributed by atoms with E-state index in [0.29, 0.717) is 34.6 Å². The van der Waals surface area contributed by atoms with Gasteiger partial charge in [0.25, 0.3) is 5.91 Å². The lowest BCUT2D eigenvalue weighted by Crippen LogP contribution is -2.48. The molecule has 0 saturated carbocycles. The van der Waals surface area contributed by atoms with Crippen LogP contribution in [0.4, 0.5) is 0 Å². The number of amides is 2. The first-order valence-corrected chi connectivity index (χ1v) is 11.4. The average Bonchev–Trinajstić information content (AvgIpc) is 3.41. The summed E-state index contributed by atoms with van der Waals surface area (Å²) in [5, 5.41) is 4.57. The average molecular weight is 435 g/mol. The van der Waals surface area contributed by atoms with Crippen LogP contribution in [0.2, 0.25) is 0 Å². The van der Waals surface area contributed by atoms with Gasteiger partial charge in [0.2, 0.25) is 5.91 Å². The second-order valence-electron chi connectivity index (χ2n) is 7.14. The predicted octanol–water partition coefficient (Wildman–Crippen LogP) is 3.79. The number of rotatable bonds is 7. The van der Waals surface area contributed by atoms with Crippen molar-refractivity contribution in [3.63, 3.8) is 0 Å². The topological polar surface area (TPSA) is 67.9 Å². The third-order valence-electron chi connectivity index (χ3n) is 4.65. The van der Waals surface area contributed by atoms with Gasteiger partial charge in [-0.3, -0.25) is 9.59 Å². The monoisotopic (exact) mass is 434 g/mol. The van der Waals surface area contributed by atoms with Crippen molar-refractivity contribution >= 4 is 34.9 Å². The van der Waals surface area contributed by atoms with Crippen LogP contribution in [0.25, 0.3) is 0 Å². The summed E-state index contributed by atoms with van der Waals surface area (Å²) in [5.41, 5.74) is 0.900. The van der Waals surface area contributed by atoms with Crippen molar-refractivity contribution in [2.45, 2.75) is 25.3 Å². The van der Waals surface area contributed by atoms with Crippen LogP contribution in [-0.2, 0) is 4.79 Å². The molecule has 2 heterocycles. The van der Waals surface area contributed by atoms with Crippen molar-refractivity contribution in [1.82, 2.24) is 10.2 Å². The number of carbonyl (C=O) groups is 2. The Labute approximate surface area is 179 Å². The van der Waals surface area contributed by atoms with E-state index in [9.17, 15) is 9.59 Å². The van der Waals surface area contributed by atoms with Crippen molar-refractivity contribution < 1.29 is 19.1 Å². The highest BCUT2D eigenvalue weighted by molar-refractivity contribution is 7.99. The minimum Gasteiger partial charge on any atom is -0.493 e. The van der Waals surface area contributed by atoms with E-state index < -0.39 is 6.04 Å². The van der Waals surface area contributed by atoms with Crippen molar-refractivity contribution in [2.24, 2.45) is 5.92 Å². The first-order chi connectivity index (χ1) is 14.0. The fourth-order valence-electron chi connectivity index (χ4n) is 3.17. The van der Waals surface area contributed by atoms with Gasteiger partial charge in [0.05, 0.1) is 19.1 Å². The number of nitrogens with one attached hydrogen (secondary N) is 1. The van der Waals surface area contributed by atoms with Crippen LogP contribution in [0.1, 0.15) is 34.5 Å². The molecule has 1 aliphatic rings. The van der Waals surface area contributed by atoms with Crippen molar-refractivity contribution in [3.8, 4) is 11.5 Å². The van der Waals surface area contributed by atoms with Crippen LogP contribution >= 0.6 is 23.1 Å². The van der Waals surface area contributed by atoms with E-state index in [2.05, 4.69) is 5.32 Å². The number of nitrogens with zero attached hydrogens (tertiary/aromatic N) is 1. The molecule has 1 saturated heterocycles. The zero-order chi connectivity index (χ0) is 21.0. The van der Waals surface area contributed by atoms with Gasteiger partial charge in [-0.05, 0) is 35.1 Å². The molecule has 2 aromatic rings. The summed E-state index contributed by atoms with van der Waals surface area (Å²) in [4.78, 5) is 28.5. The highest BCUT2D eigenvalue weighted by atomic mass is 32.2. The summed E-state index contributed by atoms with van der Waals surface area (Å²) >= 11 is 2.97. The maximum absolute atomic E-state index is 13.3. The molecule has 0 bridgehead atoms. The fraction of sp³-hybridized carbons (Fsp3) is 0.429. The summed E-state index contributed by atoms with van der Waals surface area (Å²) < 4.78 is 10.8. The smallest absolute Gasteiger partial charge is 0.265 e. The lowest BCUT2D eigenvalue weighted by Gasteiger charge is -2.29. The fourth-order valence-corrected chi connectivity index (χ4v) is 5.26. The van der Waals surface area contributed by atoms with Gasteiger partial charge in [0, 0.05) is 12.3 Å². The van der Waals surface area contributed by atoms with Gasteiger partial charge in [0.15, 0.2) is 11.5 Å². The van der Waals surface area contributed by atoms with Crippen LogP contribution in [0, 0.1) is 5.92 Å². The van der Waals surface area contributed by atoms with Gasteiger partial charge >= 0.3 is 0 Å². The zero-order valence-electron chi connectivity index (χ0n) is 17.0. The molecule has 3 rings (SSSR count). The first-order valence-electron chi connectivity index (χ1n) is 9.43. The lowest BCUT2D eigenvalue weighted by atomic mass is 10.1. The molecule has 8 heteroatoms. The molecule has 0 aliphatic carbocycles. The van der Waals surface area contributed by atoms with Gasteiger partial charge in [-0.25, -0.2) is 0 Å². The van der Waals surface area contributed by atoms with Gasteiger partial charge in [0.1, 0.15) is 11.4 Å². The number of ether oxygens (including phenoxy) is 2. The van der Waals surface area contributed by atoms with E-state index in [1.165, 1.54) is 11.3 Å². The van der Waals surface area contributed by atoms with E-state index in [1.807, 2.05) is 43.5 Å². The molecule has 0 spiro atoms. The van der Waals surface area contributed by atoms with Crippen LogP contribution < -0.4 is 14.8 Å². The van der Waals surface area contributed by atoms with E-state index in [4.69, 9.17) is 9.47 Å². The number of methoxy groups -OCH3 is 2. The number of carbonyl (C=O) groups excluding carboxylic acids is 2. The van der Waals surface area contributed by atoms with Crippen LogP contribution in [0.15, 0.2) is 35.7 Å². The lowest BCUT2D eigenvalue weighted by molar-refractivity contribution is -0.125. The summed E-state index contributed by atoms with van der Waals surface area (Å²) in [5.74, 6) is 1.87. The van der Waals surface area contributed by atoms with Crippen molar-refractivity contribution in [1.29, 1.82) is 0 Å². The molecule has 1 N–H and O–H groups in total. The highest BCUT2D eigenvalue weighted by Crippen LogP contribution is 2.44. The third-order valence-corrected chi connectivity index (χ3v) is 6.83. The third kappa shape index (κ3) is 4.70. The first kappa shape index (κ1) is 21.5. The summed E-state index contributed by atoms with van der Waals surface area (Å²) in [6.07, 6.45) is 0. The Morgan fingerprint density at radius 1 is 1.21 bits per heavy atom. The second kappa shape index (κ2) is 9.54. The molecule has 29 heavy (non-hydrogen) atoms. The SMILES string of the molecule is COc1ccc(C2SCC(C(=O)NCC(C)C)N2C(=O)c2cccs2)cc1OC. The van der Waals surface area contributed by atoms with E-state index >= 15 is 0 Å². The number of thioether (sulfide) groups is 1. The molecule has 6 nitrogen and oxygen atoms in total. The Bertz CT molecular complexity index is 854. The Hall–Kier alpha value is -2.19. The zero-order valence-corrected chi connectivity index (χ0v) is 18.6. The Kier molecular flexibility index (Phi) is 7.08. The summed E-state index contributed by atoms with van der Waals surface area (Å²) in [6.45, 7) is 4.68. The molecule has 1 aromatic heterocycles. The minimum atomic E-state index is -0.522. The van der Waals surface area contributed by atoms with E-state index in [-0.39, 0.29) is 17.2 Å². The summed E-state index contributed by atoms with van der Waals surface area (Å²) in [7, 11) is 3.17. The number of hydrogen-bond donors (Lipinski definition) is 1. The van der Waals surface area contributed by atoms with Crippen molar-refractivity contribution in [3.05, 3.63) is 46.2 Å². The van der Waals surface area contributed by atoms with Gasteiger partial charge in [-0.15, -0.1) is 23.1 Å². The highest BCUT2D eigenvalue weighted by Gasteiger charge is 2.43. The van der Waals surface area contributed by atoms with E-state index in [0.717, 1.165) is 5.56 Å². The summed E-state index contributed by atoms with van der Waals surface area (Å²) in [6, 6.07) is 8.74. The maximum Gasteiger partial charge on any atom is 0.265 e. The Morgan fingerprint density at radius 3 is 2.59 bits per heavy atom. The molecular formula is C21H26N2O4S2. The van der Waals surface area contributed by atoms with Gasteiger partial charge in [-0.1, -0.05) is 26.0 Å². The Morgan fingerprint density at radius 2 is 1.97 bits per heavy atom. The second-order valence-corrected chi connectivity index (χ2v) is 9.21. The molecule has 2 amide bonds. The number of thiophene rings is 1. The van der Waals surface area contributed by atoms with Gasteiger partial charge in [-0.2, -0.15) is 0 Å². The molecule has 1 aromatic carbocycles. The molecule has 2 atom stereocenters. The quantitative estimate of drug-likeness (QED) is 0.718. The van der Waals surface area contributed by atoms with E-state index in [1.54, 1.807) is 36.9 Å². The van der Waals surface area contributed by atoms with Crippen LogP contribution in [0.5, 0.6) is 11.5 Å². The number of hydrogen-bond acceptors (Lipinski definition) is 6. The minimum absolute atomic E-state index is 0.112. The molecule has 0 radical (unpaired) electrons. The molecular weight excluding hydrogens is 408 g/mol. The van der Waals surface area contributed by atoms with Crippen LogP contribution in [0.3, 0.4) is 0 Å². The predicted molar refractivity (Wildman–Crippen MR) is 117 cm³/mol. The maximum atomic E-state index is 13.3. The standard InChI is InChI=1S/C21H26N2O4S2/c1-13(2)11-22-19(24)15-12-29-21(23(15)20(25)18-6-5-9-28-18)14-7-8-16(26-3)17(10-14)27-4/h5-10,13,15,21H,11-12H2,1-4H3,(H,22,24). The van der Waals surface area contributed by atoms with Crippen LogP contribution in [-0.4, -0.2) is 49.3 Å². The largest absolute Gasteiger partial charge is 0.493 e.